The molecule has 8 nitrogen and oxygen atoms in total. The summed E-state index contributed by atoms with van der Waals surface area (Å²) >= 11 is 0. The first-order valence-corrected chi connectivity index (χ1v) is 7.54. The van der Waals surface area contributed by atoms with E-state index in [-0.39, 0.29) is 6.61 Å². The number of H-pyrrole nitrogens is 1. The molecule has 0 saturated carbocycles. The number of aromatic nitrogens is 1. The zero-order valence-electron chi connectivity index (χ0n) is 13.3. The molecule has 0 aliphatic heterocycles. The van der Waals surface area contributed by atoms with E-state index in [1.165, 1.54) is 12.3 Å². The molecule has 130 valence electrons. The minimum absolute atomic E-state index is 0.198. The normalized spacial score (nSPS) is 10.6. The van der Waals surface area contributed by atoms with Crippen molar-refractivity contribution in [2.24, 2.45) is 0 Å². The summed E-state index contributed by atoms with van der Waals surface area (Å²) < 4.78 is 5.06. The minimum atomic E-state index is -0.745. The molecule has 1 heterocycles. The topological polar surface area (TPSA) is 114 Å². The number of nitro groups is 1. The molecule has 0 spiro atoms. The van der Waals surface area contributed by atoms with Crippen LogP contribution >= 0.6 is 0 Å². The van der Waals surface area contributed by atoms with Crippen molar-refractivity contribution in [1.82, 2.24) is 10.3 Å². The van der Waals surface area contributed by atoms with E-state index in [9.17, 15) is 19.7 Å². The van der Waals surface area contributed by atoms with Gasteiger partial charge in [0.05, 0.1) is 4.92 Å². The highest BCUT2D eigenvalue weighted by atomic mass is 16.6. The lowest BCUT2D eigenvalue weighted by atomic mass is 10.2. The Bertz CT molecular complexity index is 815. The third-order valence-corrected chi connectivity index (χ3v) is 3.21. The lowest BCUT2D eigenvalue weighted by Crippen LogP contribution is -2.24. The molecule has 1 amide bonds. The monoisotopic (exact) mass is 343 g/mol. The third-order valence-electron chi connectivity index (χ3n) is 3.21. The molecule has 25 heavy (non-hydrogen) atoms. The molecule has 0 fully saturated rings. The highest BCUT2D eigenvalue weighted by Crippen LogP contribution is 2.08. The van der Waals surface area contributed by atoms with Crippen molar-refractivity contribution in [2.75, 3.05) is 6.54 Å². The molecule has 8 heteroatoms. The molecular formula is C17H17N3O5. The van der Waals surface area contributed by atoms with Gasteiger partial charge in [-0.15, -0.1) is 0 Å². The Morgan fingerprint density at radius 2 is 2.08 bits per heavy atom. The van der Waals surface area contributed by atoms with Crippen LogP contribution in [-0.2, 0) is 11.3 Å². The van der Waals surface area contributed by atoms with E-state index in [0.717, 1.165) is 5.56 Å². The van der Waals surface area contributed by atoms with Crippen molar-refractivity contribution in [3.63, 3.8) is 0 Å². The number of nitrogens with zero attached hydrogens (tertiary/aromatic N) is 1. The third kappa shape index (κ3) is 5.94. The number of pyridine rings is 1. The second-order valence-corrected chi connectivity index (χ2v) is 5.08. The number of amides is 1. The van der Waals surface area contributed by atoms with Gasteiger partial charge < -0.3 is 15.0 Å². The van der Waals surface area contributed by atoms with Crippen LogP contribution in [0.4, 0.5) is 10.5 Å². The Kier molecular flexibility index (Phi) is 6.47. The highest BCUT2D eigenvalue weighted by Gasteiger charge is 2.11. The number of alkyl carbamates (subject to hydrolysis) is 1. The number of nitrogens with one attached hydrogen (secondary N) is 2. The van der Waals surface area contributed by atoms with Crippen molar-refractivity contribution in [3.05, 3.63) is 80.3 Å². The van der Waals surface area contributed by atoms with Gasteiger partial charge in [0, 0.05) is 18.8 Å². The summed E-state index contributed by atoms with van der Waals surface area (Å²) in [6.07, 6.45) is 4.73. The molecule has 0 saturated heterocycles. The van der Waals surface area contributed by atoms with Crippen molar-refractivity contribution in [3.8, 4) is 0 Å². The fourth-order valence-corrected chi connectivity index (χ4v) is 1.97. The molecule has 1 aromatic carbocycles. The number of ether oxygens (including phenoxy) is 1. The average Bonchev–Trinajstić information content (AvgIpc) is 2.61. The van der Waals surface area contributed by atoms with E-state index in [0.29, 0.717) is 18.5 Å². The molecule has 0 aliphatic carbocycles. The van der Waals surface area contributed by atoms with Crippen LogP contribution in [0.3, 0.4) is 0 Å². The van der Waals surface area contributed by atoms with Gasteiger partial charge in [-0.25, -0.2) is 4.79 Å². The van der Waals surface area contributed by atoms with E-state index in [1.54, 1.807) is 12.2 Å². The van der Waals surface area contributed by atoms with E-state index in [2.05, 4.69) is 10.3 Å². The molecule has 0 aliphatic rings. The van der Waals surface area contributed by atoms with Gasteiger partial charge in [-0.3, -0.25) is 14.9 Å². The van der Waals surface area contributed by atoms with Crippen LogP contribution in [0.15, 0.2) is 53.5 Å². The summed E-state index contributed by atoms with van der Waals surface area (Å²) in [6, 6.07) is 10.5. The molecular weight excluding hydrogens is 326 g/mol. The quantitative estimate of drug-likeness (QED) is 0.455. The van der Waals surface area contributed by atoms with Gasteiger partial charge in [-0.1, -0.05) is 42.5 Å². The lowest BCUT2D eigenvalue weighted by Gasteiger charge is -2.05. The number of rotatable bonds is 7. The number of benzene rings is 1. The van der Waals surface area contributed by atoms with Crippen LogP contribution in [0.25, 0.3) is 6.08 Å². The lowest BCUT2D eigenvalue weighted by molar-refractivity contribution is -0.386. The van der Waals surface area contributed by atoms with Crippen LogP contribution in [-0.4, -0.2) is 22.5 Å². The maximum absolute atomic E-state index is 11.5. The summed E-state index contributed by atoms with van der Waals surface area (Å²) in [7, 11) is 0. The summed E-state index contributed by atoms with van der Waals surface area (Å²) in [6.45, 7) is 0.555. The van der Waals surface area contributed by atoms with Crippen molar-refractivity contribution in [2.45, 2.75) is 13.0 Å². The van der Waals surface area contributed by atoms with Crippen molar-refractivity contribution >= 4 is 17.9 Å². The van der Waals surface area contributed by atoms with Gasteiger partial charge in [0.25, 0.3) is 0 Å². The first-order chi connectivity index (χ1) is 12.1. The fraction of sp³-hybridized carbons (Fsp3) is 0.176. The van der Waals surface area contributed by atoms with Crippen molar-refractivity contribution < 1.29 is 14.5 Å². The van der Waals surface area contributed by atoms with E-state index in [4.69, 9.17) is 4.74 Å². The number of carbonyl (C=O) groups is 1. The largest absolute Gasteiger partial charge is 0.445 e. The predicted octanol–water partition coefficient (Wildman–Crippen LogP) is 2.61. The Morgan fingerprint density at radius 1 is 1.32 bits per heavy atom. The average molecular weight is 343 g/mol. The van der Waals surface area contributed by atoms with E-state index in [1.807, 2.05) is 30.3 Å². The summed E-state index contributed by atoms with van der Waals surface area (Å²) in [4.78, 5) is 35.0. The molecule has 1 aromatic heterocycles. The van der Waals surface area contributed by atoms with E-state index >= 15 is 0 Å². The summed E-state index contributed by atoms with van der Waals surface area (Å²) in [5.74, 6) is 0. The second kappa shape index (κ2) is 9.02. The Hall–Kier alpha value is -3.42. The molecule has 2 rings (SSSR count). The Morgan fingerprint density at radius 3 is 2.80 bits per heavy atom. The minimum Gasteiger partial charge on any atom is -0.445 e. The van der Waals surface area contributed by atoms with E-state index < -0.39 is 22.3 Å². The molecule has 0 atom stereocenters. The van der Waals surface area contributed by atoms with Gasteiger partial charge in [0.15, 0.2) is 0 Å². The standard InChI is InChI=1S/C17H17N3O5/c21-16-15(20(23)24)10-14(11-19-16)8-4-5-9-18-17(22)25-12-13-6-2-1-3-7-13/h1-4,6-8,10-11H,5,9,12H2,(H,18,22)(H,19,21). The number of hydrogen-bond donors (Lipinski definition) is 2. The van der Waals surface area contributed by atoms with Crippen LogP contribution in [0.5, 0.6) is 0 Å². The highest BCUT2D eigenvalue weighted by molar-refractivity contribution is 5.67. The summed E-state index contributed by atoms with van der Waals surface area (Å²) in [5.41, 5.74) is 0.143. The maximum Gasteiger partial charge on any atom is 0.407 e. The van der Waals surface area contributed by atoms with Gasteiger partial charge >= 0.3 is 17.3 Å². The SMILES string of the molecule is O=C(NCCC=Cc1c[nH]c(=O)c([N+](=O)[O-])c1)OCc1ccccc1. The van der Waals surface area contributed by atoms with Gasteiger partial charge in [-0.2, -0.15) is 0 Å². The predicted molar refractivity (Wildman–Crippen MR) is 92.0 cm³/mol. The smallest absolute Gasteiger partial charge is 0.407 e. The number of hydrogen-bond acceptors (Lipinski definition) is 5. The molecule has 0 bridgehead atoms. The van der Waals surface area contributed by atoms with Gasteiger partial charge in [0.2, 0.25) is 0 Å². The molecule has 0 unspecified atom stereocenters. The van der Waals surface area contributed by atoms with Crippen LogP contribution in [0, 0.1) is 10.1 Å². The Labute approximate surface area is 143 Å². The van der Waals surface area contributed by atoms with Crippen molar-refractivity contribution in [1.29, 1.82) is 0 Å². The molecule has 2 aromatic rings. The first-order valence-electron chi connectivity index (χ1n) is 7.54. The maximum atomic E-state index is 11.5. The molecule has 2 N–H and O–H groups in total. The number of carbonyl (C=O) groups excluding carboxylic acids is 1. The summed E-state index contributed by atoms with van der Waals surface area (Å²) in [5, 5.41) is 13.3. The van der Waals surface area contributed by atoms with Gasteiger partial charge in [-0.05, 0) is 17.5 Å². The molecule has 0 radical (unpaired) electrons. The number of aromatic amines is 1. The van der Waals surface area contributed by atoms with Crippen LogP contribution in [0.2, 0.25) is 0 Å². The van der Waals surface area contributed by atoms with Crippen LogP contribution < -0.4 is 10.9 Å². The Balaban J connectivity index is 1.72. The van der Waals surface area contributed by atoms with Gasteiger partial charge in [0.1, 0.15) is 6.61 Å². The second-order valence-electron chi connectivity index (χ2n) is 5.08. The first kappa shape index (κ1) is 17.9. The zero-order valence-corrected chi connectivity index (χ0v) is 13.3. The fourth-order valence-electron chi connectivity index (χ4n) is 1.97. The van der Waals surface area contributed by atoms with Crippen LogP contribution in [0.1, 0.15) is 17.5 Å². The zero-order chi connectivity index (χ0) is 18.1.